The van der Waals surface area contributed by atoms with Crippen LogP contribution < -0.4 is 11.1 Å². The van der Waals surface area contributed by atoms with E-state index in [1.165, 1.54) is 11.1 Å². The number of rotatable bonds is 7. The van der Waals surface area contributed by atoms with Crippen molar-refractivity contribution in [3.05, 3.63) is 64.5 Å². The first-order valence-corrected chi connectivity index (χ1v) is 10.2. The van der Waals surface area contributed by atoms with E-state index < -0.39 is 12.1 Å². The van der Waals surface area contributed by atoms with E-state index in [2.05, 4.69) is 5.32 Å². The molecule has 2 heterocycles. The average molecular weight is 424 g/mol. The van der Waals surface area contributed by atoms with Gasteiger partial charge < -0.3 is 31.0 Å². The van der Waals surface area contributed by atoms with Crippen molar-refractivity contribution in [2.45, 2.75) is 39.4 Å². The summed E-state index contributed by atoms with van der Waals surface area (Å²) in [5, 5.41) is 20.0. The van der Waals surface area contributed by atoms with Crippen LogP contribution in [0.25, 0.3) is 5.70 Å². The minimum atomic E-state index is -0.699. The molecule has 1 aromatic carbocycles. The number of nitrogens with zero attached hydrogens (tertiary/aromatic N) is 2. The summed E-state index contributed by atoms with van der Waals surface area (Å²) in [5.41, 5.74) is 10.1. The number of hydrogen-bond donors (Lipinski definition) is 4. The Kier molecular flexibility index (Phi) is 6.60. The summed E-state index contributed by atoms with van der Waals surface area (Å²) in [4.78, 5) is 27.5. The molecule has 164 valence electrons. The van der Waals surface area contributed by atoms with Crippen LogP contribution in [0.3, 0.4) is 0 Å². The molecule has 0 saturated heterocycles. The maximum absolute atomic E-state index is 13.1. The number of aliphatic hydroxyl groups excluding tert-OH is 1. The monoisotopic (exact) mass is 423 g/mol. The van der Waals surface area contributed by atoms with Crippen LogP contribution in [0.4, 0.5) is 0 Å². The molecule has 31 heavy (non-hydrogen) atoms. The quantitative estimate of drug-likeness (QED) is 0.507. The lowest BCUT2D eigenvalue weighted by atomic mass is 10.0. The third kappa shape index (κ3) is 4.54. The summed E-state index contributed by atoms with van der Waals surface area (Å²) in [5.74, 6) is -0.579. The lowest BCUT2D eigenvalue weighted by Gasteiger charge is -2.33. The molecular weight excluding hydrogens is 394 g/mol. The van der Waals surface area contributed by atoms with Gasteiger partial charge in [-0.1, -0.05) is 29.8 Å². The van der Waals surface area contributed by atoms with Crippen molar-refractivity contribution in [3.63, 3.8) is 0 Å². The minimum Gasteiger partial charge on any atom is -0.398 e. The molecule has 0 radical (unpaired) electrons. The molecule has 0 spiro atoms. The van der Waals surface area contributed by atoms with Crippen molar-refractivity contribution < 1.29 is 14.7 Å². The van der Waals surface area contributed by atoms with Crippen LogP contribution >= 0.6 is 0 Å². The highest BCUT2D eigenvalue weighted by molar-refractivity contribution is 5.98. The smallest absolute Gasteiger partial charge is 0.271 e. The average Bonchev–Trinajstić information content (AvgIpc) is 3.21. The Hall–Kier alpha value is -3.39. The van der Waals surface area contributed by atoms with Crippen LogP contribution in [0.2, 0.25) is 0 Å². The summed E-state index contributed by atoms with van der Waals surface area (Å²) >= 11 is 0. The fourth-order valence-electron chi connectivity index (χ4n) is 3.72. The Balaban J connectivity index is 1.76. The first-order chi connectivity index (χ1) is 14.8. The molecule has 1 aromatic heterocycles. The number of aromatic nitrogens is 1. The van der Waals surface area contributed by atoms with Crippen molar-refractivity contribution in [2.75, 3.05) is 13.2 Å². The molecule has 0 unspecified atom stereocenters. The SMILES string of the molecule is C/C(C=N)=C(/N)c1cc2n(c1)CCN([C@H](C)C(=O)N[C@H](CO)c1cccc(C)c1)C2=O. The summed E-state index contributed by atoms with van der Waals surface area (Å²) < 4.78 is 1.83. The predicted molar refractivity (Wildman–Crippen MR) is 120 cm³/mol. The van der Waals surface area contributed by atoms with E-state index >= 15 is 0 Å². The van der Waals surface area contributed by atoms with Crippen molar-refractivity contribution in [1.82, 2.24) is 14.8 Å². The van der Waals surface area contributed by atoms with Gasteiger partial charge in [0.15, 0.2) is 0 Å². The summed E-state index contributed by atoms with van der Waals surface area (Å²) in [6.07, 6.45) is 2.98. The van der Waals surface area contributed by atoms with Crippen molar-refractivity contribution in [2.24, 2.45) is 5.73 Å². The zero-order chi connectivity index (χ0) is 22.7. The second-order valence-corrected chi connectivity index (χ2v) is 7.88. The number of aliphatic hydroxyl groups is 1. The van der Waals surface area contributed by atoms with Crippen LogP contribution in [0.1, 0.15) is 47.1 Å². The maximum atomic E-state index is 13.1. The zero-order valence-electron chi connectivity index (χ0n) is 18.1. The molecule has 2 aromatic rings. The number of carbonyl (C=O) groups is 2. The van der Waals surface area contributed by atoms with Crippen LogP contribution in [-0.2, 0) is 11.3 Å². The van der Waals surface area contributed by atoms with E-state index in [4.69, 9.17) is 11.1 Å². The van der Waals surface area contributed by atoms with Crippen LogP contribution in [0, 0.1) is 12.3 Å². The van der Waals surface area contributed by atoms with E-state index in [1.807, 2.05) is 35.8 Å². The number of nitrogens with one attached hydrogen (secondary N) is 2. The number of hydrogen-bond acceptors (Lipinski definition) is 5. The van der Waals surface area contributed by atoms with E-state index in [-0.39, 0.29) is 18.4 Å². The van der Waals surface area contributed by atoms with Crippen LogP contribution in [-0.4, -0.2) is 51.8 Å². The van der Waals surface area contributed by atoms with Crippen LogP contribution in [0.15, 0.2) is 42.1 Å². The van der Waals surface area contributed by atoms with Crippen molar-refractivity contribution in [1.29, 1.82) is 5.41 Å². The number of fused-ring (bicyclic) bond motifs is 1. The van der Waals surface area contributed by atoms with Gasteiger partial charge in [-0.15, -0.1) is 0 Å². The lowest BCUT2D eigenvalue weighted by molar-refractivity contribution is -0.126. The van der Waals surface area contributed by atoms with Gasteiger partial charge in [-0.3, -0.25) is 9.59 Å². The molecule has 1 aliphatic heterocycles. The number of aryl methyl sites for hydroxylation is 1. The summed E-state index contributed by atoms with van der Waals surface area (Å²) in [7, 11) is 0. The van der Waals surface area contributed by atoms with Crippen LogP contribution in [0.5, 0.6) is 0 Å². The predicted octanol–water partition coefficient (Wildman–Crippen LogP) is 1.83. The fourth-order valence-corrected chi connectivity index (χ4v) is 3.72. The van der Waals surface area contributed by atoms with E-state index in [0.717, 1.165) is 11.1 Å². The first kappa shape index (κ1) is 22.3. The topological polar surface area (TPSA) is 124 Å². The van der Waals surface area contributed by atoms with E-state index in [9.17, 15) is 14.7 Å². The third-order valence-electron chi connectivity index (χ3n) is 5.70. The van der Waals surface area contributed by atoms with Crippen molar-refractivity contribution >= 4 is 23.7 Å². The molecule has 1 aliphatic rings. The molecule has 0 aliphatic carbocycles. The molecule has 2 atom stereocenters. The highest BCUT2D eigenvalue weighted by Crippen LogP contribution is 2.23. The molecule has 0 bridgehead atoms. The molecular formula is C23H29N5O3. The Bertz CT molecular complexity index is 1040. The number of allylic oxidation sites excluding steroid dienone is 1. The Morgan fingerprint density at radius 2 is 2.10 bits per heavy atom. The molecule has 8 nitrogen and oxygen atoms in total. The molecule has 0 fully saturated rings. The minimum absolute atomic E-state index is 0.236. The second kappa shape index (κ2) is 9.18. The second-order valence-electron chi connectivity index (χ2n) is 7.88. The van der Waals surface area contributed by atoms with Gasteiger partial charge in [-0.25, -0.2) is 0 Å². The normalized spacial score (nSPS) is 16.3. The van der Waals surface area contributed by atoms with E-state index in [1.54, 1.807) is 26.1 Å². The van der Waals surface area contributed by atoms with Gasteiger partial charge in [0.1, 0.15) is 11.7 Å². The Morgan fingerprint density at radius 1 is 1.35 bits per heavy atom. The van der Waals surface area contributed by atoms with Gasteiger partial charge in [0.05, 0.1) is 12.6 Å². The number of benzene rings is 1. The van der Waals surface area contributed by atoms with Gasteiger partial charge in [0.2, 0.25) is 5.91 Å². The molecule has 0 saturated carbocycles. The summed E-state index contributed by atoms with van der Waals surface area (Å²) in [6, 6.07) is 8.06. The van der Waals surface area contributed by atoms with Gasteiger partial charge in [0, 0.05) is 36.8 Å². The lowest BCUT2D eigenvalue weighted by Crippen LogP contribution is -2.52. The number of nitrogens with two attached hydrogens (primary N) is 1. The zero-order valence-corrected chi connectivity index (χ0v) is 18.1. The highest BCUT2D eigenvalue weighted by atomic mass is 16.3. The fraction of sp³-hybridized carbons (Fsp3) is 0.348. The van der Waals surface area contributed by atoms with Gasteiger partial charge in [-0.2, -0.15) is 0 Å². The Labute approximate surface area is 181 Å². The molecule has 5 N–H and O–H groups in total. The summed E-state index contributed by atoms with van der Waals surface area (Å²) in [6.45, 7) is 6.06. The van der Waals surface area contributed by atoms with Crippen molar-refractivity contribution in [3.8, 4) is 0 Å². The molecule has 3 rings (SSSR count). The van der Waals surface area contributed by atoms with E-state index in [0.29, 0.717) is 35.6 Å². The maximum Gasteiger partial charge on any atom is 0.271 e. The standard InChI is InChI=1S/C23H29N5O3/c1-14-5-4-6-17(9-14)19(13-29)26-22(30)16(3)28-8-7-27-12-18(10-20(27)23(28)31)21(25)15(2)11-24/h4-6,9-12,16,19,24,29H,7-8,13,25H2,1-3H3,(H,26,30)/b21-15-,24-11?/t16-,19-/m1/s1. The molecule has 8 heteroatoms. The molecule has 2 amide bonds. The van der Waals surface area contributed by atoms with Gasteiger partial charge in [0.25, 0.3) is 5.91 Å². The Morgan fingerprint density at radius 3 is 2.74 bits per heavy atom. The van der Waals surface area contributed by atoms with Gasteiger partial charge >= 0.3 is 0 Å². The first-order valence-electron chi connectivity index (χ1n) is 10.2. The largest absolute Gasteiger partial charge is 0.398 e. The highest BCUT2D eigenvalue weighted by Gasteiger charge is 2.33. The third-order valence-corrected chi connectivity index (χ3v) is 5.70. The number of carbonyl (C=O) groups excluding carboxylic acids is 2. The number of amides is 2. The van der Waals surface area contributed by atoms with Gasteiger partial charge in [-0.05, 0) is 38.0 Å².